The number of rotatable bonds is 3. The highest BCUT2D eigenvalue weighted by Gasteiger charge is 2.02. The van der Waals surface area contributed by atoms with Gasteiger partial charge >= 0.3 is 0 Å². The zero-order valence-electron chi connectivity index (χ0n) is 8.95. The summed E-state index contributed by atoms with van der Waals surface area (Å²) in [5, 5.41) is 8.85. The summed E-state index contributed by atoms with van der Waals surface area (Å²) in [7, 11) is 0. The predicted octanol–water partition coefficient (Wildman–Crippen LogP) is 3.05. The lowest BCUT2D eigenvalue weighted by atomic mass is 10.2. The standard InChI is InChI=1S/C12H14N2S/c1-3-10-4-6-11(7-5-10)15-12(8-13)9(2)14/h4-7H,3,14H2,1-2H3/b12-9-. The van der Waals surface area contributed by atoms with Crippen LogP contribution in [0.15, 0.2) is 39.8 Å². The summed E-state index contributed by atoms with van der Waals surface area (Å²) in [6.07, 6.45) is 1.03. The van der Waals surface area contributed by atoms with Gasteiger partial charge in [0.2, 0.25) is 0 Å². The largest absolute Gasteiger partial charge is 0.401 e. The molecule has 78 valence electrons. The first-order valence-electron chi connectivity index (χ1n) is 4.80. The smallest absolute Gasteiger partial charge is 0.108 e. The Kier molecular flexibility index (Phi) is 4.26. The molecule has 0 aliphatic heterocycles. The van der Waals surface area contributed by atoms with Gasteiger partial charge in [0.1, 0.15) is 11.0 Å². The van der Waals surface area contributed by atoms with Crippen LogP contribution in [0.1, 0.15) is 19.4 Å². The van der Waals surface area contributed by atoms with Gasteiger partial charge in [0.25, 0.3) is 0 Å². The maximum absolute atomic E-state index is 8.85. The lowest BCUT2D eigenvalue weighted by molar-refractivity contribution is 1.13. The van der Waals surface area contributed by atoms with Crippen LogP contribution in [0.3, 0.4) is 0 Å². The molecule has 0 fully saturated rings. The van der Waals surface area contributed by atoms with Crippen LogP contribution in [0.2, 0.25) is 0 Å². The van der Waals surface area contributed by atoms with Crippen molar-refractivity contribution in [1.29, 1.82) is 5.26 Å². The highest BCUT2D eigenvalue weighted by atomic mass is 32.2. The Morgan fingerprint density at radius 3 is 2.40 bits per heavy atom. The molecule has 1 aromatic rings. The number of nitrogens with two attached hydrogens (primary N) is 1. The topological polar surface area (TPSA) is 49.8 Å². The van der Waals surface area contributed by atoms with E-state index in [-0.39, 0.29) is 0 Å². The predicted molar refractivity (Wildman–Crippen MR) is 64.2 cm³/mol. The highest BCUT2D eigenvalue weighted by molar-refractivity contribution is 8.03. The van der Waals surface area contributed by atoms with Crippen molar-refractivity contribution in [3.05, 3.63) is 40.4 Å². The van der Waals surface area contributed by atoms with E-state index in [1.807, 2.05) is 12.1 Å². The van der Waals surface area contributed by atoms with Crippen molar-refractivity contribution in [3.63, 3.8) is 0 Å². The third-order valence-electron chi connectivity index (χ3n) is 2.01. The Bertz CT molecular complexity index is 395. The number of benzene rings is 1. The second kappa shape index (κ2) is 5.47. The summed E-state index contributed by atoms with van der Waals surface area (Å²) in [6.45, 7) is 3.86. The Morgan fingerprint density at radius 1 is 1.40 bits per heavy atom. The van der Waals surface area contributed by atoms with E-state index in [0.29, 0.717) is 10.6 Å². The molecule has 0 amide bonds. The lowest BCUT2D eigenvalue weighted by Gasteiger charge is -2.02. The second-order valence-corrected chi connectivity index (χ2v) is 4.31. The summed E-state index contributed by atoms with van der Waals surface area (Å²) >= 11 is 1.41. The van der Waals surface area contributed by atoms with E-state index in [1.165, 1.54) is 17.3 Å². The fraction of sp³-hybridized carbons (Fsp3) is 0.250. The van der Waals surface area contributed by atoms with Crippen molar-refractivity contribution in [1.82, 2.24) is 0 Å². The van der Waals surface area contributed by atoms with Gasteiger partial charge in [-0.1, -0.05) is 30.8 Å². The summed E-state index contributed by atoms with van der Waals surface area (Å²) in [5.41, 5.74) is 7.46. The number of aryl methyl sites for hydroxylation is 1. The molecule has 0 aliphatic carbocycles. The molecule has 0 atom stereocenters. The van der Waals surface area contributed by atoms with E-state index in [1.54, 1.807) is 6.92 Å². The Hall–Kier alpha value is -1.40. The van der Waals surface area contributed by atoms with Crippen LogP contribution in [-0.4, -0.2) is 0 Å². The molecule has 15 heavy (non-hydrogen) atoms. The Balaban J connectivity index is 2.82. The van der Waals surface area contributed by atoms with Crippen molar-refractivity contribution in [3.8, 4) is 6.07 Å². The van der Waals surface area contributed by atoms with E-state index in [4.69, 9.17) is 11.0 Å². The van der Waals surface area contributed by atoms with Crippen molar-refractivity contribution in [2.45, 2.75) is 25.2 Å². The van der Waals surface area contributed by atoms with Crippen molar-refractivity contribution in [2.75, 3.05) is 0 Å². The normalized spacial score (nSPS) is 11.8. The van der Waals surface area contributed by atoms with Gasteiger partial charge in [0, 0.05) is 10.6 Å². The zero-order valence-corrected chi connectivity index (χ0v) is 9.77. The minimum absolute atomic E-state index is 0.569. The lowest BCUT2D eigenvalue weighted by Crippen LogP contribution is -1.94. The molecule has 0 aliphatic rings. The Morgan fingerprint density at radius 2 is 2.00 bits per heavy atom. The molecule has 0 bridgehead atoms. The molecule has 1 rings (SSSR count). The van der Waals surface area contributed by atoms with Gasteiger partial charge in [-0.25, -0.2) is 0 Å². The quantitative estimate of drug-likeness (QED) is 0.626. The van der Waals surface area contributed by atoms with Gasteiger partial charge < -0.3 is 5.73 Å². The van der Waals surface area contributed by atoms with E-state index in [0.717, 1.165) is 11.3 Å². The molecule has 0 saturated heterocycles. The molecule has 0 saturated carbocycles. The molecule has 2 N–H and O–H groups in total. The van der Waals surface area contributed by atoms with Crippen molar-refractivity contribution in [2.24, 2.45) is 5.73 Å². The molecule has 1 aromatic carbocycles. The number of hydrogen-bond acceptors (Lipinski definition) is 3. The summed E-state index contributed by atoms with van der Waals surface area (Å²) in [6, 6.07) is 10.3. The molecule has 2 nitrogen and oxygen atoms in total. The summed E-state index contributed by atoms with van der Waals surface area (Å²) < 4.78 is 0. The first kappa shape index (κ1) is 11.7. The van der Waals surface area contributed by atoms with E-state index in [9.17, 15) is 0 Å². The van der Waals surface area contributed by atoms with Crippen LogP contribution in [-0.2, 0) is 6.42 Å². The van der Waals surface area contributed by atoms with Gasteiger partial charge in [-0.2, -0.15) is 5.26 Å². The number of allylic oxidation sites excluding steroid dienone is 2. The number of thioether (sulfide) groups is 1. The number of nitriles is 1. The fourth-order valence-corrected chi connectivity index (χ4v) is 1.82. The third-order valence-corrected chi connectivity index (χ3v) is 3.14. The first-order valence-corrected chi connectivity index (χ1v) is 5.62. The number of hydrogen-bond donors (Lipinski definition) is 1. The maximum Gasteiger partial charge on any atom is 0.108 e. The van der Waals surface area contributed by atoms with Crippen molar-refractivity contribution >= 4 is 11.8 Å². The third kappa shape index (κ3) is 3.34. The minimum Gasteiger partial charge on any atom is -0.401 e. The summed E-state index contributed by atoms with van der Waals surface area (Å²) in [5.74, 6) is 0. The van der Waals surface area contributed by atoms with Crippen LogP contribution in [0.5, 0.6) is 0 Å². The fourth-order valence-electron chi connectivity index (χ4n) is 1.10. The SMILES string of the molecule is CCc1ccc(S/C(C#N)=C(/C)N)cc1. The first-order chi connectivity index (χ1) is 7.17. The van der Waals surface area contributed by atoms with Crippen molar-refractivity contribution < 1.29 is 0 Å². The van der Waals surface area contributed by atoms with Gasteiger partial charge in [-0.3, -0.25) is 0 Å². The average molecular weight is 218 g/mol. The molecule has 0 unspecified atom stereocenters. The van der Waals surface area contributed by atoms with Gasteiger partial charge in [-0.15, -0.1) is 0 Å². The Labute approximate surface area is 94.8 Å². The summed E-state index contributed by atoms with van der Waals surface area (Å²) in [4.78, 5) is 1.62. The van der Waals surface area contributed by atoms with Crippen LogP contribution in [0.25, 0.3) is 0 Å². The molecular weight excluding hydrogens is 204 g/mol. The highest BCUT2D eigenvalue weighted by Crippen LogP contribution is 2.27. The molecule has 0 aromatic heterocycles. The maximum atomic E-state index is 8.85. The molecule has 0 heterocycles. The van der Waals surface area contributed by atoms with Crippen LogP contribution >= 0.6 is 11.8 Å². The molecule has 3 heteroatoms. The minimum atomic E-state index is 0.569. The van der Waals surface area contributed by atoms with Gasteiger partial charge in [0.15, 0.2) is 0 Å². The van der Waals surface area contributed by atoms with E-state index < -0.39 is 0 Å². The zero-order chi connectivity index (χ0) is 11.3. The van der Waals surface area contributed by atoms with Gasteiger partial charge in [-0.05, 0) is 31.0 Å². The van der Waals surface area contributed by atoms with Crippen LogP contribution < -0.4 is 5.73 Å². The molecule has 0 spiro atoms. The van der Waals surface area contributed by atoms with Gasteiger partial charge in [0.05, 0.1) is 0 Å². The van der Waals surface area contributed by atoms with E-state index in [2.05, 4.69) is 25.1 Å². The number of nitrogens with zero attached hydrogens (tertiary/aromatic N) is 1. The average Bonchev–Trinajstić information content (AvgIpc) is 2.26. The van der Waals surface area contributed by atoms with E-state index >= 15 is 0 Å². The van der Waals surface area contributed by atoms with Crippen LogP contribution in [0, 0.1) is 11.3 Å². The molecule has 0 radical (unpaired) electrons. The monoisotopic (exact) mass is 218 g/mol. The molecular formula is C12H14N2S. The van der Waals surface area contributed by atoms with Crippen LogP contribution in [0.4, 0.5) is 0 Å². The second-order valence-electron chi connectivity index (χ2n) is 3.22.